The second-order valence-electron chi connectivity index (χ2n) is 7.36. The molecule has 0 aliphatic carbocycles. The Kier molecular flexibility index (Phi) is 6.78. The van der Waals surface area contributed by atoms with Crippen LogP contribution in [0.2, 0.25) is 0 Å². The van der Waals surface area contributed by atoms with E-state index in [-0.39, 0.29) is 5.41 Å². The van der Waals surface area contributed by atoms with E-state index in [2.05, 4.69) is 50.2 Å². The van der Waals surface area contributed by atoms with E-state index >= 15 is 0 Å². The number of methoxy groups -OCH3 is 1. The minimum atomic E-state index is -0.0641. The predicted octanol–water partition coefficient (Wildman–Crippen LogP) is 4.94. The molecule has 0 saturated heterocycles. The molecule has 0 aliphatic heterocycles. The lowest BCUT2D eigenvalue weighted by atomic mass is 9.78. The van der Waals surface area contributed by atoms with Crippen molar-refractivity contribution in [1.82, 2.24) is 0 Å². The lowest BCUT2D eigenvalue weighted by Crippen LogP contribution is -2.18. The molecular weight excluding hydrogens is 362 g/mol. The van der Waals surface area contributed by atoms with Gasteiger partial charge in [0, 0.05) is 17.5 Å². The van der Waals surface area contributed by atoms with Crippen LogP contribution in [-0.2, 0) is 12.0 Å². The van der Waals surface area contributed by atoms with Gasteiger partial charge >= 0.3 is 0 Å². The van der Waals surface area contributed by atoms with Gasteiger partial charge in [0.15, 0.2) is 11.5 Å². The van der Waals surface area contributed by atoms with Gasteiger partial charge in [0.2, 0.25) is 0 Å². The van der Waals surface area contributed by atoms with Crippen LogP contribution in [-0.4, -0.2) is 20.3 Å². The zero-order valence-corrected chi connectivity index (χ0v) is 17.4. The number of nitrogens with two attached hydrogens (primary N) is 1. The summed E-state index contributed by atoms with van der Waals surface area (Å²) < 4.78 is 17.1. The van der Waals surface area contributed by atoms with E-state index < -0.39 is 0 Å². The smallest absolute Gasteiger partial charge is 0.165 e. The van der Waals surface area contributed by atoms with Crippen LogP contribution in [0.1, 0.15) is 30.5 Å². The van der Waals surface area contributed by atoms with Crippen molar-refractivity contribution in [3.05, 3.63) is 89.5 Å². The van der Waals surface area contributed by atoms with E-state index in [1.165, 1.54) is 11.1 Å². The summed E-state index contributed by atoms with van der Waals surface area (Å²) in [4.78, 5) is 0. The van der Waals surface area contributed by atoms with Crippen molar-refractivity contribution in [3.8, 4) is 17.2 Å². The topological polar surface area (TPSA) is 53.7 Å². The largest absolute Gasteiger partial charge is 0.493 e. The summed E-state index contributed by atoms with van der Waals surface area (Å²) in [6.45, 7) is 5.70. The highest BCUT2D eigenvalue weighted by molar-refractivity contribution is 5.46. The van der Waals surface area contributed by atoms with Crippen LogP contribution in [0.4, 0.5) is 0 Å². The quantitative estimate of drug-likeness (QED) is 0.525. The first-order valence-corrected chi connectivity index (χ1v) is 9.84. The van der Waals surface area contributed by atoms with E-state index in [0.29, 0.717) is 31.3 Å². The molecule has 3 aromatic rings. The summed E-state index contributed by atoms with van der Waals surface area (Å²) in [7, 11) is 1.62. The highest BCUT2D eigenvalue weighted by Gasteiger charge is 2.22. The molecule has 3 rings (SSSR count). The second kappa shape index (κ2) is 9.48. The number of benzene rings is 3. The van der Waals surface area contributed by atoms with Gasteiger partial charge in [0.1, 0.15) is 19.0 Å². The van der Waals surface area contributed by atoms with Crippen LogP contribution in [0.5, 0.6) is 17.2 Å². The molecule has 0 fully saturated rings. The second-order valence-corrected chi connectivity index (χ2v) is 7.36. The maximum atomic E-state index is 5.88. The van der Waals surface area contributed by atoms with Gasteiger partial charge in [-0.25, -0.2) is 0 Å². The van der Waals surface area contributed by atoms with Crippen molar-refractivity contribution in [2.75, 3.05) is 20.3 Å². The predicted molar refractivity (Wildman–Crippen MR) is 117 cm³/mol. The Bertz CT molecular complexity index is 883. The molecule has 0 aromatic heterocycles. The molecule has 2 N–H and O–H groups in total. The molecule has 0 atom stereocenters. The fourth-order valence-corrected chi connectivity index (χ4v) is 3.34. The van der Waals surface area contributed by atoms with Crippen molar-refractivity contribution < 1.29 is 14.2 Å². The van der Waals surface area contributed by atoms with Gasteiger partial charge in [-0.15, -0.1) is 0 Å². The standard InChI is InChI=1S/C25H29NO3/c1-25(2,20-9-5-4-6-10-20)21-12-14-22(15-13-21)28-16-17-29-24-19(18-26)8-7-11-23(24)27-3/h4-15H,16-18,26H2,1-3H3. The zero-order valence-electron chi connectivity index (χ0n) is 17.4. The molecule has 4 nitrogen and oxygen atoms in total. The maximum absolute atomic E-state index is 5.88. The molecule has 0 unspecified atom stereocenters. The maximum Gasteiger partial charge on any atom is 0.165 e. The Labute approximate surface area is 173 Å². The molecular formula is C25H29NO3. The van der Waals surface area contributed by atoms with Gasteiger partial charge in [-0.2, -0.15) is 0 Å². The van der Waals surface area contributed by atoms with Gasteiger partial charge in [-0.3, -0.25) is 0 Å². The van der Waals surface area contributed by atoms with Crippen molar-refractivity contribution >= 4 is 0 Å². The molecule has 3 aromatic carbocycles. The van der Waals surface area contributed by atoms with Crippen LogP contribution in [0.15, 0.2) is 72.8 Å². The summed E-state index contributed by atoms with van der Waals surface area (Å²) in [6, 6.07) is 24.5. The van der Waals surface area contributed by atoms with Crippen molar-refractivity contribution in [1.29, 1.82) is 0 Å². The third-order valence-electron chi connectivity index (χ3n) is 5.17. The summed E-state index contributed by atoms with van der Waals surface area (Å²) in [5.41, 5.74) is 9.17. The van der Waals surface area contributed by atoms with Gasteiger partial charge in [0.05, 0.1) is 7.11 Å². The summed E-state index contributed by atoms with van der Waals surface area (Å²) in [5.74, 6) is 2.18. The van der Waals surface area contributed by atoms with Gasteiger partial charge in [-0.05, 0) is 29.3 Å². The highest BCUT2D eigenvalue weighted by Crippen LogP contribution is 2.32. The number of ether oxygens (including phenoxy) is 3. The average Bonchev–Trinajstić information content (AvgIpc) is 2.77. The molecule has 0 spiro atoms. The van der Waals surface area contributed by atoms with Crippen LogP contribution in [0, 0.1) is 0 Å². The van der Waals surface area contributed by atoms with Gasteiger partial charge in [0.25, 0.3) is 0 Å². The summed E-state index contributed by atoms with van der Waals surface area (Å²) in [6.07, 6.45) is 0. The van der Waals surface area contributed by atoms with E-state index in [0.717, 1.165) is 11.3 Å². The van der Waals surface area contributed by atoms with Gasteiger partial charge < -0.3 is 19.9 Å². The molecule has 0 saturated carbocycles. The molecule has 0 amide bonds. The van der Waals surface area contributed by atoms with Crippen LogP contribution < -0.4 is 19.9 Å². The molecule has 0 bridgehead atoms. The zero-order chi connectivity index (χ0) is 20.7. The van der Waals surface area contributed by atoms with Crippen molar-refractivity contribution in [3.63, 3.8) is 0 Å². The molecule has 29 heavy (non-hydrogen) atoms. The Morgan fingerprint density at radius 1 is 0.759 bits per heavy atom. The lowest BCUT2D eigenvalue weighted by Gasteiger charge is -2.26. The Morgan fingerprint density at radius 2 is 1.41 bits per heavy atom. The first-order valence-electron chi connectivity index (χ1n) is 9.84. The summed E-state index contributed by atoms with van der Waals surface area (Å²) >= 11 is 0. The SMILES string of the molecule is COc1cccc(CN)c1OCCOc1ccc(C(C)(C)c2ccccc2)cc1. The Balaban J connectivity index is 1.58. The minimum absolute atomic E-state index is 0.0641. The summed E-state index contributed by atoms with van der Waals surface area (Å²) in [5, 5.41) is 0. The number of rotatable bonds is 9. The van der Waals surface area contributed by atoms with E-state index in [4.69, 9.17) is 19.9 Å². The monoisotopic (exact) mass is 391 g/mol. The molecule has 4 heteroatoms. The molecule has 0 radical (unpaired) electrons. The molecule has 152 valence electrons. The van der Waals surface area contributed by atoms with E-state index in [9.17, 15) is 0 Å². The normalized spacial score (nSPS) is 11.2. The average molecular weight is 392 g/mol. The van der Waals surface area contributed by atoms with Crippen LogP contribution >= 0.6 is 0 Å². The number of hydrogen-bond acceptors (Lipinski definition) is 4. The first kappa shape index (κ1) is 20.7. The van der Waals surface area contributed by atoms with Crippen LogP contribution in [0.25, 0.3) is 0 Å². The highest BCUT2D eigenvalue weighted by atomic mass is 16.5. The van der Waals surface area contributed by atoms with Crippen LogP contribution in [0.3, 0.4) is 0 Å². The van der Waals surface area contributed by atoms with Crippen molar-refractivity contribution in [2.24, 2.45) is 5.73 Å². The first-order chi connectivity index (χ1) is 14.1. The van der Waals surface area contributed by atoms with E-state index in [1.54, 1.807) is 7.11 Å². The van der Waals surface area contributed by atoms with Crippen molar-refractivity contribution in [2.45, 2.75) is 25.8 Å². The van der Waals surface area contributed by atoms with Gasteiger partial charge in [-0.1, -0.05) is 68.4 Å². The molecule has 0 heterocycles. The molecule has 0 aliphatic rings. The Morgan fingerprint density at radius 3 is 2.07 bits per heavy atom. The third-order valence-corrected chi connectivity index (χ3v) is 5.17. The van der Waals surface area contributed by atoms with E-state index in [1.807, 2.05) is 36.4 Å². The fraction of sp³-hybridized carbons (Fsp3) is 0.280. The number of hydrogen-bond donors (Lipinski definition) is 1. The Hall–Kier alpha value is -2.98. The fourth-order valence-electron chi connectivity index (χ4n) is 3.34. The number of para-hydroxylation sites is 1. The minimum Gasteiger partial charge on any atom is -0.493 e. The third kappa shape index (κ3) is 4.90. The lowest BCUT2D eigenvalue weighted by molar-refractivity contribution is 0.210.